The van der Waals surface area contributed by atoms with Crippen molar-refractivity contribution in [3.8, 4) is 0 Å². The third kappa shape index (κ3) is 2.58. The number of halogens is 1. The van der Waals surface area contributed by atoms with Crippen LogP contribution in [-0.2, 0) is 0 Å². The number of hydrogen-bond donors (Lipinski definition) is 0. The molecule has 0 radical (unpaired) electrons. The van der Waals surface area contributed by atoms with Crippen LogP contribution in [0.3, 0.4) is 0 Å². The molecule has 4 nitrogen and oxygen atoms in total. The number of ketones is 1. The number of hydrogen-bond acceptors (Lipinski definition) is 4. The van der Waals surface area contributed by atoms with E-state index in [4.69, 9.17) is 16.0 Å². The van der Waals surface area contributed by atoms with Gasteiger partial charge in [0.05, 0.1) is 5.69 Å². The quantitative estimate of drug-likeness (QED) is 0.681. The average molecular weight is 300 g/mol. The van der Waals surface area contributed by atoms with E-state index < -0.39 is 5.76 Å². The van der Waals surface area contributed by atoms with Crippen LogP contribution in [0, 0.1) is 6.92 Å². The molecule has 1 heterocycles. The van der Waals surface area contributed by atoms with Crippen molar-refractivity contribution in [2.75, 3.05) is 0 Å². The molecule has 5 heteroatoms. The van der Waals surface area contributed by atoms with E-state index >= 15 is 0 Å². The lowest BCUT2D eigenvalue weighted by atomic mass is 10.0. The van der Waals surface area contributed by atoms with Gasteiger partial charge >= 0.3 is 5.76 Å². The molecule has 0 unspecified atom stereocenters. The van der Waals surface area contributed by atoms with Crippen LogP contribution < -0.4 is 5.76 Å². The van der Waals surface area contributed by atoms with Crippen molar-refractivity contribution in [2.24, 2.45) is 0 Å². The van der Waals surface area contributed by atoms with Crippen LogP contribution in [0.1, 0.15) is 21.6 Å². The van der Waals surface area contributed by atoms with E-state index in [1.807, 2.05) is 0 Å². The topological polar surface area (TPSA) is 60.2 Å². The lowest BCUT2D eigenvalue weighted by Gasteiger charge is -2.04. The number of rotatable bonds is 2. The molecule has 0 aliphatic carbocycles. The fourth-order valence-corrected chi connectivity index (χ4v) is 2.25. The average Bonchev–Trinajstić information content (AvgIpc) is 2.46. The van der Waals surface area contributed by atoms with Crippen molar-refractivity contribution < 1.29 is 9.21 Å². The summed E-state index contributed by atoms with van der Waals surface area (Å²) in [5.74, 6) is -0.832. The van der Waals surface area contributed by atoms with Crippen molar-refractivity contribution in [1.82, 2.24) is 4.98 Å². The molecule has 104 valence electrons. The van der Waals surface area contributed by atoms with E-state index in [1.165, 1.54) is 0 Å². The summed E-state index contributed by atoms with van der Waals surface area (Å²) in [6.45, 7) is 1.72. The largest absolute Gasteiger partial charge is 0.439 e. The fraction of sp³-hybridized carbons (Fsp3) is 0.0625. The summed E-state index contributed by atoms with van der Waals surface area (Å²) in [6.07, 6.45) is 0. The number of carbonyl (C=O) groups is 1. The van der Waals surface area contributed by atoms with E-state index in [1.54, 1.807) is 49.4 Å². The minimum Gasteiger partial charge on any atom is -0.408 e. The van der Waals surface area contributed by atoms with Gasteiger partial charge in [0.25, 0.3) is 0 Å². The van der Waals surface area contributed by atoms with Gasteiger partial charge < -0.3 is 4.42 Å². The molecule has 2 aromatic carbocycles. The first kappa shape index (κ1) is 13.5. The monoisotopic (exact) mass is 299 g/mol. The molecule has 3 aromatic rings. The Balaban J connectivity index is 2.10. The van der Waals surface area contributed by atoms with Crippen LogP contribution in [0.4, 0.5) is 0 Å². The van der Waals surface area contributed by atoms with E-state index in [9.17, 15) is 9.59 Å². The highest BCUT2D eigenvalue weighted by Gasteiger charge is 2.12. The second-order valence-electron chi connectivity index (χ2n) is 4.61. The van der Waals surface area contributed by atoms with E-state index in [0.717, 1.165) is 0 Å². The van der Waals surface area contributed by atoms with Crippen LogP contribution in [-0.4, -0.2) is 10.8 Å². The second kappa shape index (κ2) is 5.14. The molecule has 0 amide bonds. The molecular weight excluding hydrogens is 290 g/mol. The van der Waals surface area contributed by atoms with Gasteiger partial charge in [0.1, 0.15) is 5.58 Å². The SMILES string of the molecule is Cc1nc(=O)oc2cc(C(=O)c3ccc(Cl)cc3)ccc12. The first-order valence-electron chi connectivity index (χ1n) is 6.26. The Hall–Kier alpha value is -2.46. The molecule has 0 atom stereocenters. The smallest absolute Gasteiger partial charge is 0.408 e. The van der Waals surface area contributed by atoms with Gasteiger partial charge in [-0.25, -0.2) is 4.79 Å². The van der Waals surface area contributed by atoms with Gasteiger partial charge in [0, 0.05) is 21.5 Å². The lowest BCUT2D eigenvalue weighted by molar-refractivity contribution is 0.103. The maximum atomic E-state index is 12.4. The second-order valence-corrected chi connectivity index (χ2v) is 5.05. The maximum absolute atomic E-state index is 12.4. The molecule has 0 N–H and O–H groups in total. The normalized spacial score (nSPS) is 10.8. The number of aryl methyl sites for hydroxylation is 1. The molecule has 0 aliphatic rings. The van der Waals surface area contributed by atoms with Crippen molar-refractivity contribution in [3.63, 3.8) is 0 Å². The van der Waals surface area contributed by atoms with Gasteiger partial charge in [-0.15, -0.1) is 0 Å². The van der Waals surface area contributed by atoms with E-state index in [-0.39, 0.29) is 5.78 Å². The summed E-state index contributed by atoms with van der Waals surface area (Å²) in [7, 11) is 0. The summed E-state index contributed by atoms with van der Waals surface area (Å²) >= 11 is 5.81. The van der Waals surface area contributed by atoms with Gasteiger partial charge in [-0.1, -0.05) is 17.7 Å². The van der Waals surface area contributed by atoms with Gasteiger partial charge in [-0.3, -0.25) is 4.79 Å². The molecule has 0 saturated carbocycles. The summed E-state index contributed by atoms with van der Waals surface area (Å²) in [4.78, 5) is 27.4. The molecular formula is C16H10ClNO3. The molecule has 0 saturated heterocycles. The Morgan fingerprint density at radius 1 is 1.10 bits per heavy atom. The molecule has 0 spiro atoms. The number of aromatic nitrogens is 1. The summed E-state index contributed by atoms with van der Waals surface area (Å²) in [6, 6.07) is 11.6. The highest BCUT2D eigenvalue weighted by molar-refractivity contribution is 6.30. The van der Waals surface area contributed by atoms with Gasteiger partial charge in [0.15, 0.2) is 5.78 Å². The van der Waals surface area contributed by atoms with Crippen LogP contribution in [0.15, 0.2) is 51.7 Å². The number of benzene rings is 2. The fourth-order valence-electron chi connectivity index (χ4n) is 2.13. The molecule has 0 bridgehead atoms. The van der Waals surface area contributed by atoms with Crippen LogP contribution >= 0.6 is 11.6 Å². The van der Waals surface area contributed by atoms with Crippen LogP contribution in [0.25, 0.3) is 11.0 Å². The zero-order chi connectivity index (χ0) is 15.0. The Labute approximate surface area is 125 Å². The van der Waals surface area contributed by atoms with Crippen molar-refractivity contribution >= 4 is 28.4 Å². The van der Waals surface area contributed by atoms with E-state index in [0.29, 0.717) is 32.8 Å². The first-order chi connectivity index (χ1) is 10.0. The maximum Gasteiger partial charge on any atom is 0.439 e. The van der Waals surface area contributed by atoms with Crippen LogP contribution in [0.5, 0.6) is 0 Å². The third-order valence-electron chi connectivity index (χ3n) is 3.20. The minimum absolute atomic E-state index is 0.161. The zero-order valence-electron chi connectivity index (χ0n) is 11.1. The Bertz CT molecular complexity index is 898. The van der Waals surface area contributed by atoms with Gasteiger partial charge in [-0.05, 0) is 43.3 Å². The Morgan fingerprint density at radius 3 is 2.48 bits per heavy atom. The summed E-state index contributed by atoms with van der Waals surface area (Å²) < 4.78 is 5.05. The number of carbonyl (C=O) groups excluding carboxylic acids is 1. The molecule has 0 fully saturated rings. The van der Waals surface area contributed by atoms with Gasteiger partial charge in [0.2, 0.25) is 0 Å². The first-order valence-corrected chi connectivity index (χ1v) is 6.64. The highest BCUT2D eigenvalue weighted by Crippen LogP contribution is 2.19. The molecule has 21 heavy (non-hydrogen) atoms. The number of nitrogens with zero attached hydrogens (tertiary/aromatic N) is 1. The number of fused-ring (bicyclic) bond motifs is 1. The van der Waals surface area contributed by atoms with Crippen molar-refractivity contribution in [1.29, 1.82) is 0 Å². The van der Waals surface area contributed by atoms with Crippen LogP contribution in [0.2, 0.25) is 5.02 Å². The lowest BCUT2D eigenvalue weighted by Crippen LogP contribution is -2.06. The predicted octanol–water partition coefficient (Wildman–Crippen LogP) is 3.38. The molecule has 1 aromatic heterocycles. The third-order valence-corrected chi connectivity index (χ3v) is 3.45. The molecule has 3 rings (SSSR count). The predicted molar refractivity (Wildman–Crippen MR) is 79.9 cm³/mol. The summed E-state index contributed by atoms with van der Waals surface area (Å²) in [5, 5.41) is 1.28. The van der Waals surface area contributed by atoms with Crippen molar-refractivity contribution in [2.45, 2.75) is 6.92 Å². The summed E-state index contributed by atoms with van der Waals surface area (Å²) in [5.41, 5.74) is 1.89. The van der Waals surface area contributed by atoms with E-state index in [2.05, 4.69) is 4.98 Å². The van der Waals surface area contributed by atoms with Gasteiger partial charge in [-0.2, -0.15) is 4.98 Å². The zero-order valence-corrected chi connectivity index (χ0v) is 11.8. The Kier molecular flexibility index (Phi) is 3.31. The highest BCUT2D eigenvalue weighted by atomic mass is 35.5. The standard InChI is InChI=1S/C16H10ClNO3/c1-9-13-7-4-11(8-14(13)21-16(20)18-9)15(19)10-2-5-12(17)6-3-10/h2-8H,1H3. The Morgan fingerprint density at radius 2 is 1.76 bits per heavy atom. The molecule has 0 aliphatic heterocycles. The minimum atomic E-state index is -0.670. The van der Waals surface area contributed by atoms with Crippen molar-refractivity contribution in [3.05, 3.63) is 74.9 Å².